The number of esters is 1. The highest BCUT2D eigenvalue weighted by Gasteiger charge is 2.34. The Kier molecular flexibility index (Phi) is 5.51. The molecule has 1 aliphatic heterocycles. The van der Waals surface area contributed by atoms with Crippen molar-refractivity contribution in [3.63, 3.8) is 0 Å². The maximum absolute atomic E-state index is 12.9. The quantitative estimate of drug-likeness (QED) is 0.794. The third-order valence-electron chi connectivity index (χ3n) is 4.53. The Balaban J connectivity index is 1.74. The fraction of sp³-hybridized carbons (Fsp3) is 0.350. The van der Waals surface area contributed by atoms with Gasteiger partial charge in [0.15, 0.2) is 5.78 Å². The Morgan fingerprint density at radius 3 is 2.77 bits per heavy atom. The molecule has 0 spiro atoms. The zero-order chi connectivity index (χ0) is 18.5. The first-order valence-corrected chi connectivity index (χ1v) is 8.81. The highest BCUT2D eigenvalue weighted by Crippen LogP contribution is 2.32. The monoisotopic (exact) mass is 354 g/mol. The number of hydrogen-bond donors (Lipinski definition) is 1. The second kappa shape index (κ2) is 7.99. The van der Waals surface area contributed by atoms with E-state index in [-0.39, 0.29) is 30.8 Å². The first-order valence-electron chi connectivity index (χ1n) is 8.81. The molecule has 0 bridgehead atoms. The standard InChI is InChI=1S/C20H22N2O4/c1-2-26-19(24)13-22-17-9-5-4-8-15(17)21-16(20(22)25)12-11-14-7-3-6-10-18(14)23/h3-10,14,16,21H,2,11-13H2,1H3. The Labute approximate surface area is 152 Å². The van der Waals surface area contributed by atoms with Gasteiger partial charge in [0.05, 0.1) is 18.0 Å². The van der Waals surface area contributed by atoms with Crippen LogP contribution in [-0.4, -0.2) is 36.9 Å². The van der Waals surface area contributed by atoms with Crippen molar-refractivity contribution in [1.29, 1.82) is 0 Å². The summed E-state index contributed by atoms with van der Waals surface area (Å²) in [6.45, 7) is 1.89. The third-order valence-corrected chi connectivity index (χ3v) is 4.53. The first-order chi connectivity index (χ1) is 12.6. The van der Waals surface area contributed by atoms with Crippen LogP contribution in [0.5, 0.6) is 0 Å². The number of ketones is 1. The third kappa shape index (κ3) is 3.85. The molecule has 2 aliphatic rings. The molecule has 1 aliphatic carbocycles. The summed E-state index contributed by atoms with van der Waals surface area (Å²) in [5.41, 5.74) is 1.46. The van der Waals surface area contributed by atoms with Gasteiger partial charge in [0.2, 0.25) is 5.91 Å². The van der Waals surface area contributed by atoms with Crippen molar-refractivity contribution in [2.24, 2.45) is 5.92 Å². The minimum atomic E-state index is -0.480. The van der Waals surface area contributed by atoms with Gasteiger partial charge in [0.1, 0.15) is 12.6 Å². The summed E-state index contributed by atoms with van der Waals surface area (Å²) in [4.78, 5) is 38.2. The predicted molar refractivity (Wildman–Crippen MR) is 98.8 cm³/mol. The molecule has 26 heavy (non-hydrogen) atoms. The Morgan fingerprint density at radius 2 is 2.00 bits per heavy atom. The van der Waals surface area contributed by atoms with Crippen LogP contribution >= 0.6 is 0 Å². The molecule has 2 atom stereocenters. The highest BCUT2D eigenvalue weighted by atomic mass is 16.5. The van der Waals surface area contributed by atoms with E-state index in [0.717, 1.165) is 5.69 Å². The fourth-order valence-corrected chi connectivity index (χ4v) is 3.23. The number of hydrogen-bond acceptors (Lipinski definition) is 5. The maximum atomic E-state index is 12.9. The van der Waals surface area contributed by atoms with E-state index in [1.54, 1.807) is 25.1 Å². The van der Waals surface area contributed by atoms with E-state index in [2.05, 4.69) is 5.32 Å². The van der Waals surface area contributed by atoms with E-state index in [9.17, 15) is 14.4 Å². The van der Waals surface area contributed by atoms with Gasteiger partial charge in [-0.2, -0.15) is 0 Å². The van der Waals surface area contributed by atoms with Crippen LogP contribution in [0.3, 0.4) is 0 Å². The molecular weight excluding hydrogens is 332 g/mol. The van der Waals surface area contributed by atoms with Crippen molar-refractivity contribution in [1.82, 2.24) is 0 Å². The molecule has 0 radical (unpaired) electrons. The number of allylic oxidation sites excluding steroid dienone is 4. The summed E-state index contributed by atoms with van der Waals surface area (Å²) in [6.07, 6.45) is 8.06. The molecule has 1 amide bonds. The Morgan fingerprint density at radius 1 is 1.19 bits per heavy atom. The minimum absolute atomic E-state index is 0.0551. The van der Waals surface area contributed by atoms with E-state index >= 15 is 0 Å². The van der Waals surface area contributed by atoms with Crippen molar-refractivity contribution in [3.8, 4) is 0 Å². The van der Waals surface area contributed by atoms with Crippen LogP contribution in [0.2, 0.25) is 0 Å². The SMILES string of the molecule is CCOC(=O)CN1C(=O)C(CCC2C=CC=CC2=O)Nc2ccccc21. The van der Waals surface area contributed by atoms with Gasteiger partial charge in [-0.25, -0.2) is 0 Å². The van der Waals surface area contributed by atoms with Gasteiger partial charge < -0.3 is 10.1 Å². The number of para-hydroxylation sites is 2. The van der Waals surface area contributed by atoms with Crippen LogP contribution in [0.1, 0.15) is 19.8 Å². The Hall–Kier alpha value is -2.89. The lowest BCUT2D eigenvalue weighted by atomic mass is 9.91. The second-order valence-electron chi connectivity index (χ2n) is 6.27. The molecule has 0 aromatic heterocycles. The lowest BCUT2D eigenvalue weighted by Crippen LogP contribution is -2.49. The zero-order valence-electron chi connectivity index (χ0n) is 14.7. The number of carbonyl (C=O) groups is 3. The van der Waals surface area contributed by atoms with Crippen molar-refractivity contribution in [2.75, 3.05) is 23.4 Å². The van der Waals surface area contributed by atoms with Crippen LogP contribution < -0.4 is 10.2 Å². The van der Waals surface area contributed by atoms with Crippen molar-refractivity contribution >= 4 is 29.0 Å². The molecule has 136 valence electrons. The van der Waals surface area contributed by atoms with Gasteiger partial charge >= 0.3 is 5.97 Å². The summed E-state index contributed by atoms with van der Waals surface area (Å²) < 4.78 is 5.00. The predicted octanol–water partition coefficient (Wildman–Crippen LogP) is 2.47. The normalized spacial score (nSPS) is 21.3. The van der Waals surface area contributed by atoms with Crippen LogP contribution in [0.4, 0.5) is 11.4 Å². The molecule has 1 N–H and O–H groups in total. The average molecular weight is 354 g/mol. The average Bonchev–Trinajstić information content (AvgIpc) is 2.64. The van der Waals surface area contributed by atoms with Crippen LogP contribution in [-0.2, 0) is 19.1 Å². The summed E-state index contributed by atoms with van der Waals surface area (Å²) in [6, 6.07) is 6.89. The van der Waals surface area contributed by atoms with Crippen LogP contribution in [0, 0.1) is 5.92 Å². The van der Waals surface area contributed by atoms with E-state index in [1.807, 2.05) is 30.4 Å². The second-order valence-corrected chi connectivity index (χ2v) is 6.27. The summed E-state index contributed by atoms with van der Waals surface area (Å²) in [5, 5.41) is 3.24. The van der Waals surface area contributed by atoms with Crippen LogP contribution in [0.15, 0.2) is 48.6 Å². The minimum Gasteiger partial charge on any atom is -0.465 e. The number of ether oxygens (including phenoxy) is 1. The fourth-order valence-electron chi connectivity index (χ4n) is 3.23. The zero-order valence-corrected chi connectivity index (χ0v) is 14.7. The van der Waals surface area contributed by atoms with Crippen molar-refractivity contribution < 1.29 is 19.1 Å². The molecule has 0 fully saturated rings. The molecule has 1 aromatic rings. The number of benzene rings is 1. The summed E-state index contributed by atoms with van der Waals surface area (Å²) >= 11 is 0. The summed E-state index contributed by atoms with van der Waals surface area (Å²) in [5.74, 6) is -0.767. The topological polar surface area (TPSA) is 75.7 Å². The van der Waals surface area contributed by atoms with Gasteiger partial charge in [-0.15, -0.1) is 0 Å². The smallest absolute Gasteiger partial charge is 0.326 e. The van der Waals surface area contributed by atoms with Gasteiger partial charge in [0, 0.05) is 5.92 Å². The number of amides is 1. The largest absolute Gasteiger partial charge is 0.465 e. The molecule has 1 aromatic carbocycles. The molecule has 2 unspecified atom stereocenters. The van der Waals surface area contributed by atoms with Gasteiger partial charge in [-0.3, -0.25) is 19.3 Å². The van der Waals surface area contributed by atoms with E-state index < -0.39 is 12.0 Å². The number of carbonyl (C=O) groups excluding carboxylic acids is 3. The number of nitrogens with one attached hydrogen (secondary N) is 1. The first kappa shape index (κ1) is 17.9. The number of rotatable bonds is 6. The number of anilines is 2. The number of fused-ring (bicyclic) bond motifs is 1. The molecule has 0 saturated carbocycles. The lowest BCUT2D eigenvalue weighted by molar-refractivity contribution is -0.142. The van der Waals surface area contributed by atoms with E-state index in [0.29, 0.717) is 18.5 Å². The van der Waals surface area contributed by atoms with Gasteiger partial charge in [-0.1, -0.05) is 30.4 Å². The lowest BCUT2D eigenvalue weighted by Gasteiger charge is -2.35. The van der Waals surface area contributed by atoms with Gasteiger partial charge in [-0.05, 0) is 38.0 Å². The summed E-state index contributed by atoms with van der Waals surface area (Å²) in [7, 11) is 0. The van der Waals surface area contributed by atoms with E-state index in [1.165, 1.54) is 4.90 Å². The van der Waals surface area contributed by atoms with Crippen molar-refractivity contribution in [2.45, 2.75) is 25.8 Å². The number of nitrogens with zero attached hydrogens (tertiary/aromatic N) is 1. The molecule has 0 saturated heterocycles. The van der Waals surface area contributed by atoms with Crippen molar-refractivity contribution in [3.05, 3.63) is 48.6 Å². The highest BCUT2D eigenvalue weighted by molar-refractivity contribution is 6.07. The van der Waals surface area contributed by atoms with Gasteiger partial charge in [0.25, 0.3) is 0 Å². The van der Waals surface area contributed by atoms with Crippen LogP contribution in [0.25, 0.3) is 0 Å². The molecule has 3 rings (SSSR count). The molecular formula is C20H22N2O4. The molecule has 6 nitrogen and oxygen atoms in total. The maximum Gasteiger partial charge on any atom is 0.326 e. The van der Waals surface area contributed by atoms with E-state index in [4.69, 9.17) is 4.74 Å². The molecule has 6 heteroatoms. The Bertz CT molecular complexity index is 769. The molecule has 1 heterocycles.